The lowest BCUT2D eigenvalue weighted by Crippen LogP contribution is -2.42. The summed E-state index contributed by atoms with van der Waals surface area (Å²) >= 11 is 0. The molecular formula is C14H19ClN4O2. The van der Waals surface area contributed by atoms with Crippen LogP contribution in [0.25, 0.3) is 10.9 Å². The molecule has 0 aliphatic heterocycles. The number of hydrogen-bond acceptors (Lipinski definition) is 4. The lowest BCUT2D eigenvalue weighted by Gasteiger charge is -2.23. The van der Waals surface area contributed by atoms with Crippen molar-refractivity contribution in [1.82, 2.24) is 14.5 Å². The Hall–Kier alpha value is -1.92. The van der Waals surface area contributed by atoms with Gasteiger partial charge in [0.2, 0.25) is 5.91 Å². The van der Waals surface area contributed by atoms with Crippen molar-refractivity contribution in [2.24, 2.45) is 5.73 Å². The van der Waals surface area contributed by atoms with Crippen molar-refractivity contribution < 1.29 is 4.79 Å². The number of likely N-dealkylation sites (N-methyl/N-ethyl adjacent to an activating group) is 1. The maximum Gasteiger partial charge on any atom is 0.261 e. The Kier molecular flexibility index (Phi) is 5.87. The van der Waals surface area contributed by atoms with Gasteiger partial charge in [0.25, 0.3) is 5.56 Å². The van der Waals surface area contributed by atoms with Crippen LogP contribution in [0.15, 0.2) is 35.4 Å². The zero-order valence-electron chi connectivity index (χ0n) is 12.0. The molecule has 0 aliphatic carbocycles. The molecule has 0 saturated heterocycles. The van der Waals surface area contributed by atoms with Crippen molar-refractivity contribution in [3.63, 3.8) is 0 Å². The maximum absolute atomic E-state index is 12.3. The van der Waals surface area contributed by atoms with E-state index in [0.29, 0.717) is 17.4 Å². The van der Waals surface area contributed by atoms with Gasteiger partial charge in [-0.1, -0.05) is 12.1 Å². The number of aromatic nitrogens is 2. The lowest BCUT2D eigenvalue weighted by molar-refractivity contribution is -0.132. The summed E-state index contributed by atoms with van der Waals surface area (Å²) in [6.07, 6.45) is 1.41. The van der Waals surface area contributed by atoms with Crippen LogP contribution in [-0.4, -0.2) is 40.0 Å². The number of para-hydroxylation sites is 1. The summed E-state index contributed by atoms with van der Waals surface area (Å²) in [7, 11) is 1.68. The number of carbonyl (C=O) groups is 1. The first-order valence-corrected chi connectivity index (χ1v) is 6.44. The summed E-state index contributed by atoms with van der Waals surface area (Å²) in [5.74, 6) is -0.165. The highest BCUT2D eigenvalue weighted by atomic mass is 35.5. The molecule has 1 atom stereocenters. The standard InChI is InChI=1S/C14H18N4O2.ClH/c1-10(7-15)17(2)13(19)8-18-9-16-12-6-4-3-5-11(12)14(18)20;/h3-6,9-10H,7-8,15H2,1-2H3;1H. The molecule has 1 unspecified atom stereocenters. The van der Waals surface area contributed by atoms with Crippen LogP contribution in [0.3, 0.4) is 0 Å². The molecule has 7 heteroatoms. The maximum atomic E-state index is 12.3. The summed E-state index contributed by atoms with van der Waals surface area (Å²) in [4.78, 5) is 30.1. The van der Waals surface area contributed by atoms with Crippen molar-refractivity contribution in [3.8, 4) is 0 Å². The van der Waals surface area contributed by atoms with E-state index in [4.69, 9.17) is 5.73 Å². The topological polar surface area (TPSA) is 81.2 Å². The van der Waals surface area contributed by atoms with E-state index in [1.807, 2.05) is 13.0 Å². The lowest BCUT2D eigenvalue weighted by atomic mass is 10.2. The minimum absolute atomic E-state index is 0. The predicted octanol–water partition coefficient (Wildman–Crippen LogP) is 0.624. The fourth-order valence-corrected chi connectivity index (χ4v) is 1.88. The van der Waals surface area contributed by atoms with E-state index < -0.39 is 0 Å². The molecule has 1 aromatic carbocycles. The normalized spacial score (nSPS) is 11.8. The highest BCUT2D eigenvalue weighted by molar-refractivity contribution is 5.85. The number of amides is 1. The Bertz CT molecular complexity index is 686. The Morgan fingerprint density at radius 2 is 2.10 bits per heavy atom. The van der Waals surface area contributed by atoms with Gasteiger partial charge in [0.1, 0.15) is 6.54 Å². The third kappa shape index (κ3) is 3.59. The van der Waals surface area contributed by atoms with E-state index in [9.17, 15) is 9.59 Å². The van der Waals surface area contributed by atoms with E-state index in [-0.39, 0.29) is 36.5 Å². The van der Waals surface area contributed by atoms with Crippen LogP contribution in [0.5, 0.6) is 0 Å². The number of nitrogens with zero attached hydrogens (tertiary/aromatic N) is 3. The van der Waals surface area contributed by atoms with Gasteiger partial charge in [-0.05, 0) is 19.1 Å². The van der Waals surface area contributed by atoms with Crippen molar-refractivity contribution in [3.05, 3.63) is 40.9 Å². The van der Waals surface area contributed by atoms with Gasteiger partial charge in [0, 0.05) is 19.6 Å². The van der Waals surface area contributed by atoms with Crippen LogP contribution in [0.1, 0.15) is 6.92 Å². The molecule has 1 heterocycles. The molecule has 21 heavy (non-hydrogen) atoms. The zero-order chi connectivity index (χ0) is 14.7. The third-order valence-corrected chi connectivity index (χ3v) is 3.43. The molecule has 114 valence electrons. The van der Waals surface area contributed by atoms with Gasteiger partial charge in [-0.3, -0.25) is 14.2 Å². The van der Waals surface area contributed by atoms with Crippen molar-refractivity contribution in [2.45, 2.75) is 19.5 Å². The first kappa shape index (κ1) is 17.1. The second-order valence-electron chi connectivity index (χ2n) is 4.78. The fourth-order valence-electron chi connectivity index (χ4n) is 1.88. The third-order valence-electron chi connectivity index (χ3n) is 3.43. The average Bonchev–Trinajstić information content (AvgIpc) is 2.48. The summed E-state index contributed by atoms with van der Waals surface area (Å²) in [5, 5.41) is 0.511. The molecule has 0 fully saturated rings. The largest absolute Gasteiger partial charge is 0.340 e. The van der Waals surface area contributed by atoms with Crippen LogP contribution in [0, 0.1) is 0 Å². The molecular weight excluding hydrogens is 292 g/mol. The second kappa shape index (κ2) is 7.19. The van der Waals surface area contributed by atoms with Crippen molar-refractivity contribution >= 4 is 29.2 Å². The van der Waals surface area contributed by atoms with Gasteiger partial charge in [-0.25, -0.2) is 4.98 Å². The van der Waals surface area contributed by atoms with Crippen LogP contribution in [0.4, 0.5) is 0 Å². The van der Waals surface area contributed by atoms with Crippen LogP contribution >= 0.6 is 12.4 Å². The molecule has 0 saturated carbocycles. The number of fused-ring (bicyclic) bond motifs is 1. The van der Waals surface area contributed by atoms with Crippen molar-refractivity contribution in [2.75, 3.05) is 13.6 Å². The summed E-state index contributed by atoms with van der Waals surface area (Å²) < 4.78 is 1.32. The Balaban J connectivity index is 0.00000220. The van der Waals surface area contributed by atoms with Gasteiger partial charge in [0.05, 0.1) is 17.2 Å². The van der Waals surface area contributed by atoms with E-state index in [0.717, 1.165) is 0 Å². The predicted molar refractivity (Wildman–Crippen MR) is 84.5 cm³/mol. The smallest absolute Gasteiger partial charge is 0.261 e. The number of benzene rings is 1. The van der Waals surface area contributed by atoms with E-state index in [1.54, 1.807) is 30.1 Å². The molecule has 1 amide bonds. The summed E-state index contributed by atoms with van der Waals surface area (Å²) in [5.41, 5.74) is 5.95. The second-order valence-corrected chi connectivity index (χ2v) is 4.78. The summed E-state index contributed by atoms with van der Waals surface area (Å²) in [6, 6.07) is 7.01. The Morgan fingerprint density at radius 1 is 1.43 bits per heavy atom. The van der Waals surface area contributed by atoms with Crippen LogP contribution in [-0.2, 0) is 11.3 Å². The molecule has 2 rings (SSSR count). The number of hydrogen-bond donors (Lipinski definition) is 1. The number of rotatable bonds is 4. The highest BCUT2D eigenvalue weighted by Gasteiger charge is 2.15. The first-order valence-electron chi connectivity index (χ1n) is 6.44. The Morgan fingerprint density at radius 3 is 2.76 bits per heavy atom. The number of carbonyl (C=O) groups excluding carboxylic acids is 1. The molecule has 0 spiro atoms. The number of halogens is 1. The first-order chi connectivity index (χ1) is 9.54. The summed E-state index contributed by atoms with van der Waals surface area (Å²) in [6.45, 7) is 2.21. The quantitative estimate of drug-likeness (QED) is 0.898. The molecule has 2 N–H and O–H groups in total. The van der Waals surface area contributed by atoms with Gasteiger partial charge < -0.3 is 10.6 Å². The van der Waals surface area contributed by atoms with E-state index >= 15 is 0 Å². The van der Waals surface area contributed by atoms with Gasteiger partial charge >= 0.3 is 0 Å². The number of nitrogens with two attached hydrogens (primary N) is 1. The average molecular weight is 311 g/mol. The van der Waals surface area contributed by atoms with Crippen LogP contribution < -0.4 is 11.3 Å². The SMILES string of the molecule is CC(CN)N(C)C(=O)Cn1cnc2ccccc2c1=O.Cl. The Labute approximate surface area is 129 Å². The minimum atomic E-state index is -0.210. The minimum Gasteiger partial charge on any atom is -0.340 e. The van der Waals surface area contributed by atoms with Gasteiger partial charge in [-0.15, -0.1) is 12.4 Å². The van der Waals surface area contributed by atoms with Gasteiger partial charge in [-0.2, -0.15) is 0 Å². The molecule has 0 radical (unpaired) electrons. The molecule has 0 aliphatic rings. The van der Waals surface area contributed by atoms with Crippen LogP contribution in [0.2, 0.25) is 0 Å². The zero-order valence-corrected chi connectivity index (χ0v) is 12.8. The van der Waals surface area contributed by atoms with Crippen molar-refractivity contribution in [1.29, 1.82) is 0 Å². The molecule has 1 aromatic heterocycles. The van der Waals surface area contributed by atoms with E-state index in [2.05, 4.69) is 4.98 Å². The van der Waals surface area contributed by atoms with Gasteiger partial charge in [0.15, 0.2) is 0 Å². The molecule has 6 nitrogen and oxygen atoms in total. The fraction of sp³-hybridized carbons (Fsp3) is 0.357. The monoisotopic (exact) mass is 310 g/mol. The molecule has 0 bridgehead atoms. The molecule has 2 aromatic rings. The van der Waals surface area contributed by atoms with E-state index in [1.165, 1.54) is 10.9 Å². The highest BCUT2D eigenvalue weighted by Crippen LogP contribution is 2.05.